The molecule has 1 atom stereocenters. The molecule has 0 saturated carbocycles. The Labute approximate surface area is 231 Å². The molecule has 0 radical (unpaired) electrons. The van der Waals surface area contributed by atoms with Crippen LogP contribution in [0.25, 0.3) is 5.76 Å². The van der Waals surface area contributed by atoms with Gasteiger partial charge in [-0.2, -0.15) is 0 Å². The van der Waals surface area contributed by atoms with Gasteiger partial charge in [0.15, 0.2) is 11.5 Å². The molecule has 2 N–H and O–H groups in total. The minimum absolute atomic E-state index is 0.130. The topological polar surface area (TPSA) is 96.3 Å². The van der Waals surface area contributed by atoms with E-state index in [0.29, 0.717) is 29.4 Å². The van der Waals surface area contributed by atoms with Crippen molar-refractivity contribution in [2.45, 2.75) is 33.7 Å². The van der Waals surface area contributed by atoms with Gasteiger partial charge in [0.25, 0.3) is 11.7 Å². The number of aliphatic hydroxyl groups is 1. The highest BCUT2D eigenvalue weighted by Crippen LogP contribution is 2.44. The van der Waals surface area contributed by atoms with Crippen LogP contribution in [-0.2, 0) is 9.59 Å². The molecule has 1 aliphatic heterocycles. The predicted molar refractivity (Wildman–Crippen MR) is 147 cm³/mol. The maximum absolute atomic E-state index is 14.0. The van der Waals surface area contributed by atoms with E-state index < -0.39 is 29.3 Å². The second kappa shape index (κ2) is 11.4. The molecule has 0 aliphatic carbocycles. The largest absolute Gasteiger partial charge is 0.507 e. The van der Waals surface area contributed by atoms with E-state index in [0.717, 1.165) is 16.5 Å². The number of rotatable bonds is 8. The molecule has 1 fully saturated rings. The summed E-state index contributed by atoms with van der Waals surface area (Å²) in [5.41, 5.74) is 1.41. The van der Waals surface area contributed by atoms with Crippen molar-refractivity contribution in [2.75, 3.05) is 18.1 Å². The van der Waals surface area contributed by atoms with E-state index in [2.05, 4.69) is 0 Å². The molecular weight excluding hydrogens is 525 g/mol. The van der Waals surface area contributed by atoms with Gasteiger partial charge in [0, 0.05) is 11.3 Å². The number of nitrogens with zero attached hydrogens (tertiary/aromatic N) is 1. The maximum Gasteiger partial charge on any atom is 0.300 e. The number of phenolic OH excluding ortho intramolecular Hbond substituents is 1. The molecule has 0 spiro atoms. The number of aromatic hydroxyl groups is 1. The molecule has 1 saturated heterocycles. The van der Waals surface area contributed by atoms with E-state index in [-0.39, 0.29) is 34.4 Å². The number of hydrogen-bond acceptors (Lipinski definition) is 6. The maximum atomic E-state index is 14.0. The predicted octanol–water partition coefficient (Wildman–Crippen LogP) is 6.55. The minimum Gasteiger partial charge on any atom is -0.507 e. The van der Waals surface area contributed by atoms with E-state index >= 15 is 0 Å². The van der Waals surface area contributed by atoms with Gasteiger partial charge in [-0.05, 0) is 79.4 Å². The Bertz CT molecular complexity index is 1470. The van der Waals surface area contributed by atoms with Gasteiger partial charge in [-0.15, -0.1) is 0 Å². The first-order valence-electron chi connectivity index (χ1n) is 12.5. The lowest BCUT2D eigenvalue weighted by molar-refractivity contribution is -0.132. The smallest absolute Gasteiger partial charge is 0.300 e. The summed E-state index contributed by atoms with van der Waals surface area (Å²) in [6.45, 7) is 8.40. The number of benzene rings is 3. The zero-order valence-corrected chi connectivity index (χ0v) is 22.8. The summed E-state index contributed by atoms with van der Waals surface area (Å²) in [4.78, 5) is 27.9. The van der Waals surface area contributed by atoms with E-state index in [1.165, 1.54) is 30.3 Å². The van der Waals surface area contributed by atoms with Crippen LogP contribution < -0.4 is 14.4 Å². The molecule has 7 nitrogen and oxygen atoms in total. The second-order valence-corrected chi connectivity index (χ2v) is 10.0. The van der Waals surface area contributed by atoms with Crippen molar-refractivity contribution in [1.82, 2.24) is 0 Å². The lowest BCUT2D eigenvalue weighted by Crippen LogP contribution is -2.29. The summed E-state index contributed by atoms with van der Waals surface area (Å²) < 4.78 is 25.3. The number of aryl methyl sites for hydroxylation is 1. The Morgan fingerprint density at radius 3 is 2.44 bits per heavy atom. The first-order valence-corrected chi connectivity index (χ1v) is 12.9. The van der Waals surface area contributed by atoms with Crippen LogP contribution in [0.5, 0.6) is 17.2 Å². The zero-order valence-electron chi connectivity index (χ0n) is 22.0. The van der Waals surface area contributed by atoms with Crippen LogP contribution >= 0.6 is 11.6 Å². The third-order valence-electron chi connectivity index (χ3n) is 6.25. The van der Waals surface area contributed by atoms with Crippen molar-refractivity contribution in [1.29, 1.82) is 0 Å². The first kappa shape index (κ1) is 28.0. The van der Waals surface area contributed by atoms with Crippen LogP contribution in [0.1, 0.15) is 43.5 Å². The number of Topliss-reactive ketones (excluding diaryl/α,β-unsaturated/α-hetero) is 1. The summed E-state index contributed by atoms with van der Waals surface area (Å²) in [7, 11) is 0. The Morgan fingerprint density at radius 2 is 1.79 bits per heavy atom. The lowest BCUT2D eigenvalue weighted by Gasteiger charge is -2.26. The van der Waals surface area contributed by atoms with Gasteiger partial charge in [-0.3, -0.25) is 14.5 Å². The average molecular weight is 554 g/mol. The average Bonchev–Trinajstić information content (AvgIpc) is 3.16. The number of carbonyl (C=O) groups excluding carboxylic acids is 2. The third kappa shape index (κ3) is 5.56. The summed E-state index contributed by atoms with van der Waals surface area (Å²) in [6.07, 6.45) is 0. The number of phenols is 1. The molecule has 1 aliphatic rings. The van der Waals surface area contributed by atoms with Crippen LogP contribution in [0, 0.1) is 18.7 Å². The van der Waals surface area contributed by atoms with Crippen molar-refractivity contribution in [3.05, 3.63) is 87.7 Å². The highest BCUT2D eigenvalue weighted by atomic mass is 35.5. The van der Waals surface area contributed by atoms with Crippen LogP contribution in [0.2, 0.25) is 5.02 Å². The van der Waals surface area contributed by atoms with E-state index in [9.17, 15) is 24.2 Å². The fourth-order valence-electron chi connectivity index (χ4n) is 4.39. The van der Waals surface area contributed by atoms with Crippen LogP contribution in [-0.4, -0.2) is 35.1 Å². The molecule has 3 aromatic carbocycles. The Morgan fingerprint density at radius 1 is 1.05 bits per heavy atom. The standard InChI is InChI=1S/C30H29ClFNO6/c1-5-38-25-13-18(6-10-23(25)34)27-26(28(35)19-7-11-24(17(4)12-19)39-15-16(2)3)29(36)30(37)33(27)20-8-9-22(32)21(31)14-20/h6-14,16,27,34-35H,5,15H2,1-4H3/b28-26+. The van der Waals surface area contributed by atoms with E-state index in [1.807, 2.05) is 20.8 Å². The number of aliphatic hydroxyl groups excluding tert-OH is 1. The second-order valence-electron chi connectivity index (χ2n) is 9.61. The fraction of sp³-hybridized carbons (Fsp3) is 0.267. The van der Waals surface area contributed by atoms with E-state index in [1.54, 1.807) is 25.1 Å². The quantitative estimate of drug-likeness (QED) is 0.186. The number of ketones is 1. The van der Waals surface area contributed by atoms with Gasteiger partial charge in [0.05, 0.1) is 29.9 Å². The highest BCUT2D eigenvalue weighted by molar-refractivity contribution is 6.51. The molecular formula is C30H29ClFNO6. The molecule has 1 amide bonds. The fourth-order valence-corrected chi connectivity index (χ4v) is 4.57. The monoisotopic (exact) mass is 553 g/mol. The zero-order chi connectivity index (χ0) is 28.4. The summed E-state index contributed by atoms with van der Waals surface area (Å²) in [5.74, 6) is -1.97. The Kier molecular flexibility index (Phi) is 8.16. The Hall–Kier alpha value is -4.04. The molecule has 39 heavy (non-hydrogen) atoms. The van der Waals surface area contributed by atoms with Gasteiger partial charge in [-0.25, -0.2) is 4.39 Å². The van der Waals surface area contributed by atoms with Gasteiger partial charge in [-0.1, -0.05) is 31.5 Å². The van der Waals surface area contributed by atoms with Crippen LogP contribution in [0.3, 0.4) is 0 Å². The Balaban J connectivity index is 1.90. The number of hydrogen-bond donors (Lipinski definition) is 2. The van der Waals surface area contributed by atoms with Crippen molar-refractivity contribution < 1.29 is 33.7 Å². The normalized spacial score (nSPS) is 16.7. The first-order chi connectivity index (χ1) is 18.5. The lowest BCUT2D eigenvalue weighted by atomic mass is 9.94. The molecule has 204 valence electrons. The number of amides is 1. The molecule has 1 unspecified atom stereocenters. The molecule has 9 heteroatoms. The molecule has 1 heterocycles. The minimum atomic E-state index is -1.12. The van der Waals surface area contributed by atoms with Crippen LogP contribution in [0.4, 0.5) is 10.1 Å². The SMILES string of the molecule is CCOc1cc(C2/C(=C(\O)c3ccc(OCC(C)C)c(C)c3)C(=O)C(=O)N2c2ccc(F)c(Cl)c2)ccc1O. The summed E-state index contributed by atoms with van der Waals surface area (Å²) >= 11 is 6.01. The molecule has 4 rings (SSSR count). The number of carbonyl (C=O) groups is 2. The van der Waals surface area contributed by atoms with Crippen LogP contribution in [0.15, 0.2) is 60.2 Å². The van der Waals surface area contributed by atoms with Gasteiger partial charge >= 0.3 is 0 Å². The third-order valence-corrected chi connectivity index (χ3v) is 6.54. The highest BCUT2D eigenvalue weighted by Gasteiger charge is 2.47. The van der Waals surface area contributed by atoms with Gasteiger partial charge in [0.1, 0.15) is 17.3 Å². The van der Waals surface area contributed by atoms with Crippen molar-refractivity contribution in [3.63, 3.8) is 0 Å². The number of ether oxygens (including phenoxy) is 2. The van der Waals surface area contributed by atoms with Crippen molar-refractivity contribution in [2.24, 2.45) is 5.92 Å². The van der Waals surface area contributed by atoms with Gasteiger partial charge < -0.3 is 19.7 Å². The number of anilines is 1. The molecule has 3 aromatic rings. The van der Waals surface area contributed by atoms with Gasteiger partial charge in [0.2, 0.25) is 0 Å². The summed E-state index contributed by atoms with van der Waals surface area (Å²) in [5, 5.41) is 21.4. The van der Waals surface area contributed by atoms with Crippen molar-refractivity contribution in [3.8, 4) is 17.2 Å². The molecule has 0 aromatic heterocycles. The summed E-state index contributed by atoms with van der Waals surface area (Å²) in [6, 6.07) is 11.9. The van der Waals surface area contributed by atoms with E-state index in [4.69, 9.17) is 21.1 Å². The van der Waals surface area contributed by atoms with Crippen molar-refractivity contribution >= 4 is 34.7 Å². The number of halogens is 2. The molecule has 0 bridgehead atoms.